The van der Waals surface area contributed by atoms with Crippen molar-refractivity contribution in [1.29, 1.82) is 5.26 Å². The van der Waals surface area contributed by atoms with Gasteiger partial charge < -0.3 is 4.74 Å². The third-order valence-corrected chi connectivity index (χ3v) is 1.54. The van der Waals surface area contributed by atoms with Gasteiger partial charge in [0.05, 0.1) is 0 Å². The van der Waals surface area contributed by atoms with Gasteiger partial charge in [-0.05, 0) is 24.5 Å². The van der Waals surface area contributed by atoms with Crippen LogP contribution in [0.15, 0.2) is 24.3 Å². The number of hydrogen-bond acceptors (Lipinski definition) is 2. The number of hydrogen-bond donors (Lipinski definition) is 0. The van der Waals surface area contributed by atoms with Gasteiger partial charge in [-0.15, -0.1) is 0 Å². The molecule has 0 bridgehead atoms. The maximum Gasteiger partial charge on any atom is 0.152 e. The fraction of sp³-hybridized carbons (Fsp3) is 0.182. The summed E-state index contributed by atoms with van der Waals surface area (Å²) in [5.41, 5.74) is 1.07. The largest absolute Gasteiger partial charge is 0.481 e. The van der Waals surface area contributed by atoms with E-state index in [0.717, 1.165) is 11.3 Å². The molecule has 0 heterocycles. The molecule has 2 nitrogen and oxygen atoms in total. The minimum atomic E-state index is 0.262. The van der Waals surface area contributed by atoms with E-state index in [1.54, 1.807) is 6.07 Å². The third-order valence-electron chi connectivity index (χ3n) is 1.54. The lowest BCUT2D eigenvalue weighted by atomic mass is 10.2. The van der Waals surface area contributed by atoms with Crippen LogP contribution in [0.1, 0.15) is 5.56 Å². The molecule has 0 spiro atoms. The first-order valence-corrected chi connectivity index (χ1v) is 3.90. The fourth-order valence-electron chi connectivity index (χ4n) is 0.908. The van der Waals surface area contributed by atoms with Crippen LogP contribution >= 0.6 is 0 Å². The maximum atomic E-state index is 8.14. The molecule has 0 aliphatic rings. The maximum absolute atomic E-state index is 8.14. The van der Waals surface area contributed by atoms with Crippen molar-refractivity contribution in [3.63, 3.8) is 0 Å². The molecular formula is C11H9NO. The van der Waals surface area contributed by atoms with Crippen LogP contribution in [0.3, 0.4) is 0 Å². The van der Waals surface area contributed by atoms with Crippen molar-refractivity contribution in [3.05, 3.63) is 29.8 Å². The molecule has 0 fully saturated rings. The van der Waals surface area contributed by atoms with Crippen LogP contribution in [0, 0.1) is 30.1 Å². The summed E-state index contributed by atoms with van der Waals surface area (Å²) in [7, 11) is 0. The Morgan fingerprint density at radius 1 is 1.38 bits per heavy atom. The molecule has 0 saturated heterocycles. The standard InChI is InChI=1S/C11H9NO/c1-10-6-2-3-7-11(10)13-9-5-4-8-12/h2-3,6-7H,9H2,1H3. The molecule has 0 unspecified atom stereocenters. The van der Waals surface area contributed by atoms with Gasteiger partial charge in [0.1, 0.15) is 12.4 Å². The van der Waals surface area contributed by atoms with E-state index < -0.39 is 0 Å². The average Bonchev–Trinajstić information content (AvgIpc) is 2.15. The highest BCUT2D eigenvalue weighted by atomic mass is 16.5. The smallest absolute Gasteiger partial charge is 0.152 e. The predicted octanol–water partition coefficient (Wildman–Crippen LogP) is 1.90. The van der Waals surface area contributed by atoms with Crippen LogP contribution in [-0.2, 0) is 0 Å². The summed E-state index contributed by atoms with van der Waals surface area (Å²) >= 11 is 0. The monoisotopic (exact) mass is 171 g/mol. The molecule has 0 saturated carbocycles. The minimum Gasteiger partial charge on any atom is -0.481 e. The van der Waals surface area contributed by atoms with Gasteiger partial charge in [-0.2, -0.15) is 5.26 Å². The van der Waals surface area contributed by atoms with Crippen LogP contribution in [0.25, 0.3) is 0 Å². The van der Waals surface area contributed by atoms with Gasteiger partial charge in [-0.25, -0.2) is 0 Å². The highest BCUT2D eigenvalue weighted by Crippen LogP contribution is 2.15. The SMILES string of the molecule is Cc1ccccc1OCC#CC#N. The lowest BCUT2D eigenvalue weighted by molar-refractivity contribution is 0.367. The van der Waals surface area contributed by atoms with Crippen LogP contribution in [-0.4, -0.2) is 6.61 Å². The van der Waals surface area contributed by atoms with Gasteiger partial charge in [-0.3, -0.25) is 0 Å². The number of benzene rings is 1. The van der Waals surface area contributed by atoms with E-state index >= 15 is 0 Å². The topological polar surface area (TPSA) is 33.0 Å². The van der Waals surface area contributed by atoms with Crippen molar-refractivity contribution in [2.45, 2.75) is 6.92 Å². The number of para-hydroxylation sites is 1. The van der Waals surface area contributed by atoms with Crippen molar-refractivity contribution >= 4 is 0 Å². The predicted molar refractivity (Wildman–Crippen MR) is 50.1 cm³/mol. The van der Waals surface area contributed by atoms with Gasteiger partial charge in [0.25, 0.3) is 0 Å². The summed E-state index contributed by atoms with van der Waals surface area (Å²) < 4.78 is 5.31. The Morgan fingerprint density at radius 2 is 2.15 bits per heavy atom. The van der Waals surface area contributed by atoms with Crippen molar-refractivity contribution in [1.82, 2.24) is 0 Å². The normalized spacial score (nSPS) is 8.00. The van der Waals surface area contributed by atoms with Gasteiger partial charge in [0.15, 0.2) is 6.07 Å². The molecule has 0 aromatic heterocycles. The zero-order chi connectivity index (χ0) is 9.52. The molecule has 0 aliphatic carbocycles. The van der Waals surface area contributed by atoms with Gasteiger partial charge in [0.2, 0.25) is 0 Å². The van der Waals surface area contributed by atoms with Gasteiger partial charge in [0, 0.05) is 5.92 Å². The number of nitriles is 1. The molecular weight excluding hydrogens is 162 g/mol. The molecule has 0 amide bonds. The van der Waals surface area contributed by atoms with Gasteiger partial charge in [-0.1, -0.05) is 18.2 Å². The number of nitrogens with zero attached hydrogens (tertiary/aromatic N) is 1. The Kier molecular flexibility index (Phi) is 3.42. The number of rotatable bonds is 2. The Balaban J connectivity index is 2.56. The minimum absolute atomic E-state index is 0.262. The van der Waals surface area contributed by atoms with E-state index in [1.807, 2.05) is 31.2 Å². The highest BCUT2D eigenvalue weighted by molar-refractivity contribution is 5.32. The van der Waals surface area contributed by atoms with E-state index in [-0.39, 0.29) is 6.61 Å². The first kappa shape index (κ1) is 9.16. The van der Waals surface area contributed by atoms with E-state index in [1.165, 1.54) is 0 Å². The number of aryl methyl sites for hydroxylation is 1. The fourth-order valence-corrected chi connectivity index (χ4v) is 0.908. The van der Waals surface area contributed by atoms with Crippen LogP contribution in [0.5, 0.6) is 5.75 Å². The quantitative estimate of drug-likeness (QED) is 0.637. The molecule has 0 atom stereocenters. The van der Waals surface area contributed by atoms with Crippen LogP contribution in [0.2, 0.25) is 0 Å². The Bertz CT molecular complexity index is 379. The summed E-state index contributed by atoms with van der Waals surface area (Å²) in [5, 5.41) is 8.14. The van der Waals surface area contributed by atoms with Crippen molar-refractivity contribution < 1.29 is 4.74 Å². The Morgan fingerprint density at radius 3 is 2.85 bits per heavy atom. The Hall–Kier alpha value is -1.93. The molecule has 0 N–H and O–H groups in total. The van der Waals surface area contributed by atoms with Gasteiger partial charge >= 0.3 is 0 Å². The molecule has 1 aromatic carbocycles. The summed E-state index contributed by atoms with van der Waals surface area (Å²) in [5.74, 6) is 5.66. The van der Waals surface area contributed by atoms with Crippen LogP contribution < -0.4 is 4.74 Å². The first-order valence-electron chi connectivity index (χ1n) is 3.90. The average molecular weight is 171 g/mol. The molecule has 1 aromatic rings. The van der Waals surface area contributed by atoms with Crippen molar-refractivity contribution in [2.75, 3.05) is 6.61 Å². The van der Waals surface area contributed by atoms with Crippen molar-refractivity contribution in [3.8, 4) is 23.7 Å². The van der Waals surface area contributed by atoms with E-state index in [9.17, 15) is 0 Å². The molecule has 2 heteroatoms. The molecule has 0 aliphatic heterocycles. The summed E-state index contributed by atoms with van der Waals surface area (Å²) in [6.45, 7) is 2.23. The summed E-state index contributed by atoms with van der Waals surface area (Å²) in [4.78, 5) is 0. The van der Waals surface area contributed by atoms with E-state index in [4.69, 9.17) is 10.00 Å². The lowest BCUT2D eigenvalue weighted by Gasteiger charge is -2.03. The third kappa shape index (κ3) is 2.89. The second-order valence-electron chi connectivity index (χ2n) is 2.47. The zero-order valence-corrected chi connectivity index (χ0v) is 7.37. The molecule has 1 rings (SSSR count). The second-order valence-corrected chi connectivity index (χ2v) is 2.47. The first-order chi connectivity index (χ1) is 6.34. The highest BCUT2D eigenvalue weighted by Gasteiger charge is 1.94. The molecule has 13 heavy (non-hydrogen) atoms. The lowest BCUT2D eigenvalue weighted by Crippen LogP contribution is -1.95. The summed E-state index contributed by atoms with van der Waals surface area (Å²) in [6, 6.07) is 9.42. The van der Waals surface area contributed by atoms with Crippen molar-refractivity contribution in [2.24, 2.45) is 0 Å². The molecule has 64 valence electrons. The van der Waals surface area contributed by atoms with E-state index in [0.29, 0.717) is 0 Å². The summed E-state index contributed by atoms with van der Waals surface area (Å²) in [6.07, 6.45) is 0. The van der Waals surface area contributed by atoms with Crippen LogP contribution in [0.4, 0.5) is 0 Å². The number of ether oxygens (including phenoxy) is 1. The zero-order valence-electron chi connectivity index (χ0n) is 7.37. The Labute approximate surface area is 77.8 Å². The second kappa shape index (κ2) is 4.85. The van der Waals surface area contributed by atoms with E-state index in [2.05, 4.69) is 11.8 Å². The molecule has 0 radical (unpaired) electrons.